The highest BCUT2D eigenvalue weighted by Gasteiger charge is 2.17. The van der Waals surface area contributed by atoms with Crippen LogP contribution in [-0.4, -0.2) is 29.4 Å². The molecule has 1 atom stereocenters. The first kappa shape index (κ1) is 20.0. The number of hydrogen-bond acceptors (Lipinski definition) is 6. The molecule has 3 rings (SSSR count). The molecule has 2 N–H and O–H groups in total. The number of aryl methyl sites for hydroxylation is 2. The quantitative estimate of drug-likeness (QED) is 0.725. The van der Waals surface area contributed by atoms with Gasteiger partial charge < -0.3 is 15.4 Å². The largest absolute Gasteiger partial charge is 0.451 e. The van der Waals surface area contributed by atoms with Crippen LogP contribution in [0.3, 0.4) is 0 Å². The van der Waals surface area contributed by atoms with Crippen LogP contribution in [0.25, 0.3) is 0 Å². The van der Waals surface area contributed by atoms with Gasteiger partial charge in [-0.2, -0.15) is 0 Å². The van der Waals surface area contributed by atoms with E-state index in [-0.39, 0.29) is 30.2 Å². The molecular weight excluding hydrogens is 378 g/mol. The molecule has 0 fully saturated rings. The van der Waals surface area contributed by atoms with Crippen LogP contribution in [0, 0.1) is 0 Å². The fraction of sp³-hybridized carbons (Fsp3) is 0.400. The van der Waals surface area contributed by atoms with Crippen molar-refractivity contribution in [1.82, 2.24) is 10.3 Å². The number of esters is 1. The predicted molar refractivity (Wildman–Crippen MR) is 106 cm³/mol. The molecule has 1 aromatic heterocycles. The third-order valence-corrected chi connectivity index (χ3v) is 5.34. The van der Waals surface area contributed by atoms with Gasteiger partial charge in [-0.3, -0.25) is 9.59 Å². The predicted octanol–water partition coefficient (Wildman–Crippen LogP) is 3.01. The Morgan fingerprint density at radius 1 is 1.21 bits per heavy atom. The molecule has 0 radical (unpaired) electrons. The lowest BCUT2D eigenvalue weighted by molar-refractivity contribution is -0.124. The molecule has 1 aliphatic rings. The topological polar surface area (TPSA) is 97.4 Å². The van der Waals surface area contributed by atoms with E-state index in [2.05, 4.69) is 27.8 Å². The van der Waals surface area contributed by atoms with Gasteiger partial charge in [0, 0.05) is 12.3 Å². The van der Waals surface area contributed by atoms with Crippen LogP contribution in [0.2, 0.25) is 0 Å². The minimum Gasteiger partial charge on any atom is -0.451 e. The van der Waals surface area contributed by atoms with Crippen molar-refractivity contribution in [3.05, 3.63) is 46.0 Å². The summed E-state index contributed by atoms with van der Waals surface area (Å²) >= 11 is 1.12. The highest BCUT2D eigenvalue weighted by Crippen LogP contribution is 2.24. The van der Waals surface area contributed by atoms with Crippen LogP contribution in [0.4, 0.5) is 5.13 Å². The second-order valence-corrected chi connectivity index (χ2v) is 7.68. The van der Waals surface area contributed by atoms with Crippen molar-refractivity contribution in [2.24, 2.45) is 0 Å². The number of amides is 2. The smallest absolute Gasteiger partial charge is 0.358 e. The van der Waals surface area contributed by atoms with Gasteiger partial charge in [-0.25, -0.2) is 9.78 Å². The Bertz CT molecular complexity index is 893. The van der Waals surface area contributed by atoms with Gasteiger partial charge in [-0.15, -0.1) is 11.3 Å². The Morgan fingerprint density at radius 3 is 2.71 bits per heavy atom. The second-order valence-electron chi connectivity index (χ2n) is 6.82. The fourth-order valence-corrected chi connectivity index (χ4v) is 3.90. The number of aromatic nitrogens is 1. The Morgan fingerprint density at radius 2 is 1.96 bits per heavy atom. The molecular formula is C20H23N3O4S. The van der Waals surface area contributed by atoms with Crippen LogP contribution >= 0.6 is 11.3 Å². The lowest BCUT2D eigenvalue weighted by atomic mass is 9.89. The van der Waals surface area contributed by atoms with Crippen molar-refractivity contribution >= 4 is 34.3 Å². The van der Waals surface area contributed by atoms with Crippen molar-refractivity contribution in [3.8, 4) is 0 Å². The normalized spacial score (nSPS) is 13.9. The van der Waals surface area contributed by atoms with Crippen molar-refractivity contribution in [1.29, 1.82) is 0 Å². The maximum atomic E-state index is 12.1. The molecule has 1 heterocycles. The van der Waals surface area contributed by atoms with Gasteiger partial charge in [-0.1, -0.05) is 18.2 Å². The maximum Gasteiger partial charge on any atom is 0.358 e. The number of carbonyl (C=O) groups excluding carboxylic acids is 3. The van der Waals surface area contributed by atoms with E-state index < -0.39 is 5.97 Å². The zero-order valence-electron chi connectivity index (χ0n) is 15.9. The van der Waals surface area contributed by atoms with Crippen molar-refractivity contribution in [3.63, 3.8) is 0 Å². The number of thiazole rings is 1. The van der Waals surface area contributed by atoms with E-state index >= 15 is 0 Å². The van der Waals surface area contributed by atoms with E-state index in [4.69, 9.17) is 4.74 Å². The molecule has 0 saturated carbocycles. The minimum atomic E-state index is -0.704. The molecule has 2 aromatic rings. The molecule has 2 amide bonds. The zero-order chi connectivity index (χ0) is 20.1. The Hall–Kier alpha value is -2.74. The number of anilines is 1. The van der Waals surface area contributed by atoms with Crippen LogP contribution in [-0.2, 0) is 27.2 Å². The number of fused-ring (bicyclic) bond motifs is 1. The van der Waals surface area contributed by atoms with Crippen molar-refractivity contribution in [2.75, 3.05) is 11.9 Å². The SMILES string of the molecule is CC(=O)Nc1nc(C(=O)OCC(=O)NC(C)c2ccc3c(c2)CCCC3)cs1. The Balaban J connectivity index is 1.50. The Kier molecular flexibility index (Phi) is 6.41. The van der Waals surface area contributed by atoms with E-state index in [9.17, 15) is 14.4 Å². The first-order chi connectivity index (χ1) is 13.4. The number of benzene rings is 1. The summed E-state index contributed by atoms with van der Waals surface area (Å²) in [6, 6.07) is 6.16. The standard InChI is InChI=1S/C20H23N3O4S/c1-12(15-8-7-14-5-3-4-6-16(14)9-15)21-18(25)10-27-19(26)17-11-28-20(23-17)22-13(2)24/h7-9,11-12H,3-6,10H2,1-2H3,(H,21,25)(H,22,23,24). The van der Waals surface area contributed by atoms with Gasteiger partial charge in [0.05, 0.1) is 6.04 Å². The molecule has 148 valence electrons. The summed E-state index contributed by atoms with van der Waals surface area (Å²) in [6.45, 7) is 2.87. The minimum absolute atomic E-state index is 0.0595. The first-order valence-corrected chi connectivity index (χ1v) is 10.1. The molecule has 1 unspecified atom stereocenters. The molecule has 1 aliphatic carbocycles. The van der Waals surface area contributed by atoms with Gasteiger partial charge in [0.25, 0.3) is 5.91 Å². The number of ether oxygens (including phenoxy) is 1. The molecule has 1 aromatic carbocycles. The van der Waals surface area contributed by atoms with Gasteiger partial charge in [0.15, 0.2) is 17.4 Å². The highest BCUT2D eigenvalue weighted by atomic mass is 32.1. The average Bonchev–Trinajstić information content (AvgIpc) is 3.13. The van der Waals surface area contributed by atoms with E-state index in [1.807, 2.05) is 13.0 Å². The molecule has 0 aliphatic heterocycles. The highest BCUT2D eigenvalue weighted by molar-refractivity contribution is 7.14. The summed E-state index contributed by atoms with van der Waals surface area (Å²) in [5.74, 6) is -1.36. The number of nitrogens with zero attached hydrogens (tertiary/aromatic N) is 1. The van der Waals surface area contributed by atoms with E-state index in [0.29, 0.717) is 5.13 Å². The summed E-state index contributed by atoms with van der Waals surface area (Å²) in [4.78, 5) is 39.1. The van der Waals surface area contributed by atoms with Gasteiger partial charge in [-0.05, 0) is 49.3 Å². The van der Waals surface area contributed by atoms with Gasteiger partial charge in [0.2, 0.25) is 5.91 Å². The average molecular weight is 401 g/mol. The maximum absolute atomic E-state index is 12.1. The lowest BCUT2D eigenvalue weighted by Gasteiger charge is -2.20. The Labute approximate surface area is 167 Å². The number of rotatable bonds is 6. The summed E-state index contributed by atoms with van der Waals surface area (Å²) in [7, 11) is 0. The first-order valence-electron chi connectivity index (χ1n) is 9.23. The molecule has 28 heavy (non-hydrogen) atoms. The van der Waals surface area contributed by atoms with Crippen LogP contribution in [0.1, 0.15) is 59.9 Å². The van der Waals surface area contributed by atoms with Crippen molar-refractivity contribution < 1.29 is 19.1 Å². The lowest BCUT2D eigenvalue weighted by Crippen LogP contribution is -2.31. The van der Waals surface area contributed by atoms with Crippen molar-refractivity contribution in [2.45, 2.75) is 45.6 Å². The molecule has 0 spiro atoms. The van der Waals surface area contributed by atoms with Gasteiger partial charge in [0.1, 0.15) is 0 Å². The fourth-order valence-electron chi connectivity index (χ4n) is 3.17. The zero-order valence-corrected chi connectivity index (χ0v) is 16.7. The number of carbonyl (C=O) groups is 3. The number of hydrogen-bond donors (Lipinski definition) is 2. The van der Waals surface area contributed by atoms with E-state index in [1.54, 1.807) is 0 Å². The second kappa shape index (κ2) is 8.97. The van der Waals surface area contributed by atoms with E-state index in [0.717, 1.165) is 29.7 Å². The van der Waals surface area contributed by atoms with E-state index in [1.165, 1.54) is 36.3 Å². The molecule has 8 heteroatoms. The summed E-state index contributed by atoms with van der Waals surface area (Å²) in [5.41, 5.74) is 3.85. The monoisotopic (exact) mass is 401 g/mol. The van der Waals surface area contributed by atoms with Gasteiger partial charge >= 0.3 is 5.97 Å². The number of nitrogens with one attached hydrogen (secondary N) is 2. The van der Waals surface area contributed by atoms with Crippen LogP contribution in [0.15, 0.2) is 23.6 Å². The summed E-state index contributed by atoms with van der Waals surface area (Å²) < 4.78 is 5.02. The van der Waals surface area contributed by atoms with Crippen LogP contribution in [0.5, 0.6) is 0 Å². The van der Waals surface area contributed by atoms with Crippen LogP contribution < -0.4 is 10.6 Å². The third kappa shape index (κ3) is 5.16. The summed E-state index contributed by atoms with van der Waals surface area (Å²) in [5, 5.41) is 7.13. The molecule has 0 bridgehead atoms. The summed E-state index contributed by atoms with van der Waals surface area (Å²) in [6.07, 6.45) is 4.63. The molecule has 7 nitrogen and oxygen atoms in total. The molecule has 0 saturated heterocycles. The third-order valence-electron chi connectivity index (χ3n) is 4.58.